The van der Waals surface area contributed by atoms with E-state index in [1.54, 1.807) is 24.9 Å². The summed E-state index contributed by atoms with van der Waals surface area (Å²) in [6.07, 6.45) is 4.48. The highest BCUT2D eigenvalue weighted by atomic mass is 19.1. The van der Waals surface area contributed by atoms with Gasteiger partial charge in [-0.05, 0) is 50.7 Å². The molecule has 6 nitrogen and oxygen atoms in total. The molecule has 0 aromatic carbocycles. The largest absolute Gasteiger partial charge is 0.393 e. The molecule has 1 aromatic rings. The third-order valence-corrected chi connectivity index (χ3v) is 3.75. The number of rotatable bonds is 10. The Labute approximate surface area is 135 Å². The Bertz CT molecular complexity index is 523. The van der Waals surface area contributed by atoms with Crippen molar-refractivity contribution in [1.29, 1.82) is 0 Å². The first-order valence-corrected chi connectivity index (χ1v) is 7.41. The average Bonchev–Trinajstić information content (AvgIpc) is 2.50. The predicted octanol–water partition coefficient (Wildman–Crippen LogP) is 0.675. The first-order valence-electron chi connectivity index (χ1n) is 7.41. The molecule has 3 atom stereocenters. The van der Waals surface area contributed by atoms with Crippen molar-refractivity contribution < 1.29 is 19.1 Å². The van der Waals surface area contributed by atoms with Crippen molar-refractivity contribution in [1.82, 2.24) is 4.98 Å². The smallest absolute Gasteiger partial charge is 0.254 e. The zero-order chi connectivity index (χ0) is 17.5. The van der Waals surface area contributed by atoms with Crippen LogP contribution in [-0.2, 0) is 16.0 Å². The fourth-order valence-corrected chi connectivity index (χ4v) is 2.12. The maximum atomic E-state index is 13.8. The molecule has 0 aliphatic rings. The second-order valence-electron chi connectivity index (χ2n) is 5.80. The van der Waals surface area contributed by atoms with Crippen LogP contribution >= 0.6 is 0 Å². The standard InChI is InChI=1S/C16H23FN3O3/c1-16(17,15(19)23)7-6-12(14(18)22)9-13(21)5-4-11-3-2-8-20-10-11/h2-3,5,8,10,12-13,21H,4,6-7,9H2,1H3,(H2,18,22)(H2,19,23). The molecule has 1 rings (SSSR count). The Kier molecular flexibility index (Phi) is 7.09. The molecule has 0 saturated heterocycles. The molecule has 3 unspecified atom stereocenters. The molecule has 7 heteroatoms. The Morgan fingerprint density at radius 2 is 2.17 bits per heavy atom. The molecule has 1 aromatic heterocycles. The van der Waals surface area contributed by atoms with Crippen molar-refractivity contribution in [3.8, 4) is 0 Å². The van der Waals surface area contributed by atoms with Crippen LogP contribution in [0.25, 0.3) is 0 Å². The van der Waals surface area contributed by atoms with Crippen LogP contribution in [0.3, 0.4) is 0 Å². The van der Waals surface area contributed by atoms with Gasteiger partial charge in [-0.25, -0.2) is 4.39 Å². The number of aliphatic hydroxyl groups excluding tert-OH is 1. The van der Waals surface area contributed by atoms with Gasteiger partial charge in [0.2, 0.25) is 5.91 Å². The van der Waals surface area contributed by atoms with Gasteiger partial charge < -0.3 is 16.6 Å². The van der Waals surface area contributed by atoms with Crippen molar-refractivity contribution in [2.45, 2.75) is 44.4 Å². The number of halogens is 1. The van der Waals surface area contributed by atoms with Gasteiger partial charge in [-0.1, -0.05) is 6.07 Å². The van der Waals surface area contributed by atoms with Crippen LogP contribution in [0.2, 0.25) is 0 Å². The van der Waals surface area contributed by atoms with Gasteiger partial charge in [0.15, 0.2) is 5.67 Å². The molecule has 0 aliphatic heterocycles. The molecule has 127 valence electrons. The topological polar surface area (TPSA) is 119 Å². The van der Waals surface area contributed by atoms with Gasteiger partial charge in [0.05, 0.1) is 6.10 Å². The fraction of sp³-hybridized carbons (Fsp3) is 0.500. The van der Waals surface area contributed by atoms with Gasteiger partial charge in [-0.2, -0.15) is 0 Å². The summed E-state index contributed by atoms with van der Waals surface area (Å²) < 4.78 is 13.8. The van der Waals surface area contributed by atoms with Crippen LogP contribution in [0, 0.1) is 12.3 Å². The van der Waals surface area contributed by atoms with Gasteiger partial charge >= 0.3 is 0 Å². The highest BCUT2D eigenvalue weighted by molar-refractivity contribution is 5.83. The Morgan fingerprint density at radius 3 is 2.70 bits per heavy atom. The van der Waals surface area contributed by atoms with Gasteiger partial charge in [-0.3, -0.25) is 14.6 Å². The summed E-state index contributed by atoms with van der Waals surface area (Å²) in [5, 5.41) is 10.00. The van der Waals surface area contributed by atoms with E-state index in [-0.39, 0.29) is 19.3 Å². The average molecular weight is 324 g/mol. The second kappa shape index (κ2) is 8.57. The number of hydrogen-bond donors (Lipinski definition) is 3. The van der Waals surface area contributed by atoms with Crippen LogP contribution in [0.5, 0.6) is 0 Å². The van der Waals surface area contributed by atoms with E-state index in [1.807, 2.05) is 6.07 Å². The molecular weight excluding hydrogens is 301 g/mol. The molecule has 1 heterocycles. The summed E-state index contributed by atoms with van der Waals surface area (Å²) >= 11 is 0. The van der Waals surface area contributed by atoms with E-state index in [1.165, 1.54) is 0 Å². The lowest BCUT2D eigenvalue weighted by atomic mass is 9.89. The fourth-order valence-electron chi connectivity index (χ4n) is 2.12. The summed E-state index contributed by atoms with van der Waals surface area (Å²) in [5.74, 6) is -2.45. The van der Waals surface area contributed by atoms with Crippen LogP contribution in [0.15, 0.2) is 24.5 Å². The molecule has 5 N–H and O–H groups in total. The summed E-state index contributed by atoms with van der Waals surface area (Å²) in [5.41, 5.74) is 8.97. The highest BCUT2D eigenvalue weighted by Gasteiger charge is 2.32. The number of carbonyl (C=O) groups excluding carboxylic acids is 2. The predicted molar refractivity (Wildman–Crippen MR) is 83.5 cm³/mol. The van der Waals surface area contributed by atoms with Crippen molar-refractivity contribution >= 4 is 11.8 Å². The quantitative estimate of drug-likeness (QED) is 0.586. The Hall–Kier alpha value is -2.02. The minimum absolute atomic E-state index is 0.0447. The monoisotopic (exact) mass is 324 g/mol. The molecule has 2 amide bonds. The van der Waals surface area contributed by atoms with Crippen LogP contribution in [0.1, 0.15) is 31.7 Å². The third-order valence-electron chi connectivity index (χ3n) is 3.75. The summed E-state index contributed by atoms with van der Waals surface area (Å²) in [7, 11) is 0. The number of hydrogen-bond acceptors (Lipinski definition) is 4. The number of pyridine rings is 1. The first kappa shape index (κ1) is 19.0. The number of primary amides is 2. The number of nitrogens with zero attached hydrogens (tertiary/aromatic N) is 1. The molecule has 1 radical (unpaired) electrons. The first-order chi connectivity index (χ1) is 10.7. The Morgan fingerprint density at radius 1 is 1.48 bits per heavy atom. The molecule has 0 aliphatic carbocycles. The Balaban J connectivity index is 2.48. The van der Waals surface area contributed by atoms with Crippen molar-refractivity contribution in [3.05, 3.63) is 36.5 Å². The number of amides is 2. The molecule has 23 heavy (non-hydrogen) atoms. The van der Waals surface area contributed by atoms with Crippen LogP contribution in [0.4, 0.5) is 4.39 Å². The summed E-state index contributed by atoms with van der Waals surface area (Å²) in [6.45, 7) is 1.07. The minimum atomic E-state index is -2.20. The maximum Gasteiger partial charge on any atom is 0.254 e. The van der Waals surface area contributed by atoms with Gasteiger partial charge in [0, 0.05) is 18.3 Å². The van der Waals surface area contributed by atoms with Crippen molar-refractivity contribution in [2.75, 3.05) is 0 Å². The number of carbonyl (C=O) groups is 2. The van der Waals surface area contributed by atoms with Gasteiger partial charge in [0.1, 0.15) is 0 Å². The number of aliphatic hydroxyl groups is 1. The van der Waals surface area contributed by atoms with E-state index in [9.17, 15) is 19.1 Å². The minimum Gasteiger partial charge on any atom is -0.393 e. The van der Waals surface area contributed by atoms with E-state index in [0.29, 0.717) is 6.42 Å². The summed E-state index contributed by atoms with van der Waals surface area (Å²) in [6, 6.07) is 3.65. The number of aromatic nitrogens is 1. The van der Waals surface area contributed by atoms with Crippen molar-refractivity contribution in [2.24, 2.45) is 17.4 Å². The lowest BCUT2D eigenvalue weighted by molar-refractivity contribution is -0.130. The number of alkyl halides is 1. The van der Waals surface area contributed by atoms with E-state index < -0.39 is 29.5 Å². The second-order valence-corrected chi connectivity index (χ2v) is 5.80. The zero-order valence-electron chi connectivity index (χ0n) is 13.1. The van der Waals surface area contributed by atoms with Crippen LogP contribution in [-0.4, -0.2) is 33.7 Å². The van der Waals surface area contributed by atoms with E-state index >= 15 is 0 Å². The summed E-state index contributed by atoms with van der Waals surface area (Å²) in [4.78, 5) is 26.4. The van der Waals surface area contributed by atoms with Crippen LogP contribution < -0.4 is 11.5 Å². The van der Waals surface area contributed by atoms with Gasteiger partial charge in [-0.15, -0.1) is 0 Å². The lowest BCUT2D eigenvalue weighted by Crippen LogP contribution is -2.38. The lowest BCUT2D eigenvalue weighted by Gasteiger charge is -2.21. The third kappa shape index (κ3) is 6.73. The normalized spacial score (nSPS) is 16.3. The highest BCUT2D eigenvalue weighted by Crippen LogP contribution is 2.23. The zero-order valence-corrected chi connectivity index (χ0v) is 13.1. The van der Waals surface area contributed by atoms with E-state index in [0.717, 1.165) is 12.5 Å². The van der Waals surface area contributed by atoms with Gasteiger partial charge in [0.25, 0.3) is 5.91 Å². The molecule has 0 spiro atoms. The molecule has 0 saturated carbocycles. The number of nitrogens with two attached hydrogens (primary N) is 2. The maximum absolute atomic E-state index is 13.8. The molecule has 0 bridgehead atoms. The molecule has 0 fully saturated rings. The van der Waals surface area contributed by atoms with E-state index in [2.05, 4.69) is 4.98 Å². The van der Waals surface area contributed by atoms with E-state index in [4.69, 9.17) is 11.5 Å². The SMILES string of the molecule is CC(F)(CCC(CC(O)[CH]Cc1cccnc1)C(N)=O)C(N)=O. The molecular formula is C16H23FN3O3. The van der Waals surface area contributed by atoms with Crippen molar-refractivity contribution in [3.63, 3.8) is 0 Å².